The summed E-state index contributed by atoms with van der Waals surface area (Å²) in [6.07, 6.45) is 3.76. The van der Waals surface area contributed by atoms with Crippen LogP contribution in [0.15, 0.2) is 66.7 Å². The summed E-state index contributed by atoms with van der Waals surface area (Å²) in [6, 6.07) is 22.7. The van der Waals surface area contributed by atoms with Crippen molar-refractivity contribution in [2.24, 2.45) is 0 Å². The summed E-state index contributed by atoms with van der Waals surface area (Å²) < 4.78 is 0. The number of carbonyl (C=O) groups excluding carboxylic acids is 1. The topological polar surface area (TPSA) is 52.6 Å². The van der Waals surface area contributed by atoms with E-state index in [0.717, 1.165) is 25.1 Å². The number of phenols is 1. The molecular formula is C25H28N2O2. The van der Waals surface area contributed by atoms with Gasteiger partial charge >= 0.3 is 0 Å². The lowest BCUT2D eigenvalue weighted by Gasteiger charge is -2.22. The fraction of sp³-hybridized carbons (Fsp3) is 0.320. The first kappa shape index (κ1) is 19.5. The van der Waals surface area contributed by atoms with E-state index in [0.29, 0.717) is 19.0 Å². The maximum atomic E-state index is 12.3. The summed E-state index contributed by atoms with van der Waals surface area (Å²) >= 11 is 0. The lowest BCUT2D eigenvalue weighted by molar-refractivity contribution is -0.121. The minimum atomic E-state index is 0.104. The number of amides is 1. The Morgan fingerprint density at radius 2 is 1.76 bits per heavy atom. The van der Waals surface area contributed by atoms with Crippen molar-refractivity contribution in [1.82, 2.24) is 10.2 Å². The molecule has 150 valence electrons. The van der Waals surface area contributed by atoms with Crippen LogP contribution in [-0.4, -0.2) is 35.0 Å². The predicted octanol–water partition coefficient (Wildman–Crippen LogP) is 4.26. The largest absolute Gasteiger partial charge is 0.508 e. The second-order valence-corrected chi connectivity index (χ2v) is 7.86. The first-order valence-electron chi connectivity index (χ1n) is 10.4. The first-order valence-corrected chi connectivity index (χ1v) is 10.4. The highest BCUT2D eigenvalue weighted by atomic mass is 16.3. The maximum Gasteiger partial charge on any atom is 0.221 e. The molecule has 3 aromatic rings. The minimum Gasteiger partial charge on any atom is -0.508 e. The van der Waals surface area contributed by atoms with Crippen molar-refractivity contribution >= 4 is 16.7 Å². The molecule has 1 aliphatic rings. The average Bonchev–Trinajstić information content (AvgIpc) is 3.58. The lowest BCUT2D eigenvalue weighted by atomic mass is 10.0. The second kappa shape index (κ2) is 9.10. The molecule has 0 atom stereocenters. The molecule has 0 aromatic heterocycles. The number of rotatable bonds is 9. The molecule has 0 unspecified atom stereocenters. The van der Waals surface area contributed by atoms with Crippen LogP contribution in [0, 0.1) is 0 Å². The highest BCUT2D eigenvalue weighted by molar-refractivity contribution is 5.85. The Morgan fingerprint density at radius 3 is 2.55 bits per heavy atom. The Balaban J connectivity index is 1.28. The maximum absolute atomic E-state index is 12.3. The number of fused-ring (bicyclic) bond motifs is 1. The molecular weight excluding hydrogens is 360 g/mol. The van der Waals surface area contributed by atoms with E-state index in [9.17, 15) is 9.90 Å². The van der Waals surface area contributed by atoms with Gasteiger partial charge in [-0.3, -0.25) is 9.69 Å². The summed E-state index contributed by atoms with van der Waals surface area (Å²) in [7, 11) is 0. The van der Waals surface area contributed by atoms with Gasteiger partial charge in [-0.1, -0.05) is 54.6 Å². The van der Waals surface area contributed by atoms with Gasteiger partial charge in [0.2, 0.25) is 5.91 Å². The van der Waals surface area contributed by atoms with E-state index in [1.165, 1.54) is 29.2 Å². The summed E-state index contributed by atoms with van der Waals surface area (Å²) in [5.41, 5.74) is 2.45. The van der Waals surface area contributed by atoms with Gasteiger partial charge in [-0.2, -0.15) is 0 Å². The van der Waals surface area contributed by atoms with Crippen molar-refractivity contribution in [3.8, 4) is 5.75 Å². The summed E-state index contributed by atoms with van der Waals surface area (Å²) in [4.78, 5) is 14.8. The van der Waals surface area contributed by atoms with Crippen LogP contribution >= 0.6 is 0 Å². The molecule has 4 rings (SSSR count). The molecule has 1 amide bonds. The van der Waals surface area contributed by atoms with Gasteiger partial charge in [-0.05, 0) is 53.3 Å². The molecule has 0 bridgehead atoms. The zero-order valence-electron chi connectivity index (χ0n) is 16.7. The molecule has 3 aromatic carbocycles. The fourth-order valence-corrected chi connectivity index (χ4v) is 3.82. The zero-order valence-corrected chi connectivity index (χ0v) is 16.7. The van der Waals surface area contributed by atoms with E-state index < -0.39 is 0 Å². The summed E-state index contributed by atoms with van der Waals surface area (Å²) in [5.74, 6) is 0.372. The number of nitrogens with one attached hydrogen (secondary N) is 1. The van der Waals surface area contributed by atoms with Crippen molar-refractivity contribution in [2.45, 2.75) is 38.3 Å². The molecule has 29 heavy (non-hydrogen) atoms. The molecule has 0 radical (unpaired) electrons. The van der Waals surface area contributed by atoms with E-state index >= 15 is 0 Å². The number of nitrogens with zero attached hydrogens (tertiary/aromatic N) is 1. The number of phenolic OH excluding ortho intramolecular Hbond substituents is 1. The predicted molar refractivity (Wildman–Crippen MR) is 117 cm³/mol. The zero-order chi connectivity index (χ0) is 20.1. The Bertz CT molecular complexity index is 959. The van der Waals surface area contributed by atoms with Gasteiger partial charge in [0.15, 0.2) is 0 Å². The van der Waals surface area contributed by atoms with Gasteiger partial charge in [-0.25, -0.2) is 0 Å². The van der Waals surface area contributed by atoms with Crippen LogP contribution in [0.5, 0.6) is 5.75 Å². The van der Waals surface area contributed by atoms with Gasteiger partial charge in [0, 0.05) is 32.1 Å². The molecule has 1 aliphatic carbocycles. The number of hydrogen-bond acceptors (Lipinski definition) is 3. The number of hydrogen-bond donors (Lipinski definition) is 2. The molecule has 1 fully saturated rings. The van der Waals surface area contributed by atoms with Crippen LogP contribution < -0.4 is 5.32 Å². The van der Waals surface area contributed by atoms with Gasteiger partial charge < -0.3 is 10.4 Å². The van der Waals surface area contributed by atoms with Crippen molar-refractivity contribution in [3.05, 3.63) is 77.9 Å². The van der Waals surface area contributed by atoms with Crippen LogP contribution in [0.1, 0.15) is 30.4 Å². The summed E-state index contributed by atoms with van der Waals surface area (Å²) in [6.45, 7) is 2.31. The SMILES string of the molecule is O=C(CCN(Cc1cccc2ccccc12)C1CC1)NCCc1ccc(O)cc1. The minimum absolute atomic E-state index is 0.104. The monoisotopic (exact) mass is 388 g/mol. The van der Waals surface area contributed by atoms with Crippen LogP contribution in [0.2, 0.25) is 0 Å². The average molecular weight is 389 g/mol. The Morgan fingerprint density at radius 1 is 1.00 bits per heavy atom. The van der Waals surface area contributed by atoms with Crippen LogP contribution in [0.3, 0.4) is 0 Å². The molecule has 4 heteroatoms. The van der Waals surface area contributed by atoms with E-state index in [1.54, 1.807) is 12.1 Å². The molecule has 0 saturated heterocycles. The van der Waals surface area contributed by atoms with E-state index in [4.69, 9.17) is 0 Å². The van der Waals surface area contributed by atoms with E-state index in [-0.39, 0.29) is 11.7 Å². The molecule has 0 aliphatic heterocycles. The summed E-state index contributed by atoms with van der Waals surface area (Å²) in [5, 5.41) is 14.9. The van der Waals surface area contributed by atoms with Gasteiger partial charge in [-0.15, -0.1) is 0 Å². The van der Waals surface area contributed by atoms with E-state index in [1.807, 2.05) is 12.1 Å². The smallest absolute Gasteiger partial charge is 0.221 e. The van der Waals surface area contributed by atoms with E-state index in [2.05, 4.69) is 52.7 Å². The molecule has 2 N–H and O–H groups in total. The van der Waals surface area contributed by atoms with Gasteiger partial charge in [0.25, 0.3) is 0 Å². The number of carbonyl (C=O) groups is 1. The molecule has 0 spiro atoms. The Labute approximate surface area is 172 Å². The third-order valence-corrected chi connectivity index (χ3v) is 5.61. The quantitative estimate of drug-likeness (QED) is 0.576. The van der Waals surface area contributed by atoms with Crippen molar-refractivity contribution in [3.63, 3.8) is 0 Å². The highest BCUT2D eigenvalue weighted by Crippen LogP contribution is 2.30. The van der Waals surface area contributed by atoms with Crippen molar-refractivity contribution in [2.75, 3.05) is 13.1 Å². The van der Waals surface area contributed by atoms with Gasteiger partial charge in [0.1, 0.15) is 5.75 Å². The third kappa shape index (κ3) is 5.36. The van der Waals surface area contributed by atoms with Gasteiger partial charge in [0.05, 0.1) is 0 Å². The lowest BCUT2D eigenvalue weighted by Crippen LogP contribution is -2.32. The number of benzene rings is 3. The second-order valence-electron chi connectivity index (χ2n) is 7.86. The first-order chi connectivity index (χ1) is 14.2. The van der Waals surface area contributed by atoms with Crippen molar-refractivity contribution in [1.29, 1.82) is 0 Å². The van der Waals surface area contributed by atoms with Crippen LogP contribution in [-0.2, 0) is 17.8 Å². The highest BCUT2D eigenvalue weighted by Gasteiger charge is 2.29. The Kier molecular flexibility index (Phi) is 6.11. The fourth-order valence-electron chi connectivity index (χ4n) is 3.82. The molecule has 1 saturated carbocycles. The Hall–Kier alpha value is -2.85. The normalized spacial score (nSPS) is 13.7. The molecule has 0 heterocycles. The number of aromatic hydroxyl groups is 1. The van der Waals surface area contributed by atoms with Crippen LogP contribution in [0.4, 0.5) is 0 Å². The van der Waals surface area contributed by atoms with Crippen molar-refractivity contribution < 1.29 is 9.90 Å². The standard InChI is InChI=1S/C25H28N2O2/c28-23-12-8-19(9-13-23)14-16-26-25(29)15-17-27(22-10-11-22)18-21-6-3-5-20-4-1-2-7-24(20)21/h1-9,12-13,22,28H,10-11,14-18H2,(H,26,29). The third-order valence-electron chi connectivity index (χ3n) is 5.61. The van der Waals surface area contributed by atoms with Crippen LogP contribution in [0.25, 0.3) is 10.8 Å². The molecule has 4 nitrogen and oxygen atoms in total.